The molecule has 1 aromatic rings. The average molecular weight is 801 g/mol. The zero-order valence-electron chi connectivity index (χ0n) is 32.7. The third-order valence-electron chi connectivity index (χ3n) is 10.9. The summed E-state index contributed by atoms with van der Waals surface area (Å²) in [6, 6.07) is 3.15. The van der Waals surface area contributed by atoms with Crippen molar-refractivity contribution in [1.82, 2.24) is 25.3 Å². The number of carbonyl (C=O) groups excluding carboxylic acids is 3. The molecule has 2 aliphatic rings. The fourth-order valence-corrected chi connectivity index (χ4v) is 7.40. The van der Waals surface area contributed by atoms with Crippen molar-refractivity contribution in [3.63, 3.8) is 0 Å². The third-order valence-corrected chi connectivity index (χ3v) is 11.2. The number of anilines is 1. The summed E-state index contributed by atoms with van der Waals surface area (Å²) in [7, 11) is 5.06. The molecule has 2 aliphatic heterocycles. The third kappa shape index (κ3) is 14.9. The molecule has 2 heterocycles. The molecule has 314 valence electrons. The SMILES string of the molecule is COc1cc(N)c(Cl)cc1C(=O)N[C@@H]1CCN(CCCCCC(=O)N(C)C2CCN(CCCCCC(=O)NC[C@H](O)[C@@H](O)[C@H](O)[C@H](O)CO)CC2)C[C@@H]1OC. The number of hydrogen-bond donors (Lipinski definition) is 8. The first-order chi connectivity index (χ1) is 26.3. The molecule has 16 nitrogen and oxygen atoms in total. The number of piperidine rings is 2. The second-order valence-corrected chi connectivity index (χ2v) is 15.2. The predicted molar refractivity (Wildman–Crippen MR) is 209 cm³/mol. The maximum atomic E-state index is 13.1. The Bertz CT molecular complexity index is 1340. The number of rotatable bonds is 23. The smallest absolute Gasteiger partial charge is 0.255 e. The van der Waals surface area contributed by atoms with E-state index in [-0.39, 0.29) is 48.9 Å². The number of unbranched alkanes of at least 4 members (excludes halogenated alkanes) is 4. The number of nitrogen functional groups attached to an aromatic ring is 1. The molecular formula is C38H65ClN6O10. The van der Waals surface area contributed by atoms with E-state index in [1.807, 2.05) is 11.9 Å². The molecule has 9 N–H and O–H groups in total. The van der Waals surface area contributed by atoms with E-state index in [4.69, 9.17) is 31.9 Å². The number of hydrogen-bond acceptors (Lipinski definition) is 13. The first-order valence-corrected chi connectivity index (χ1v) is 19.9. The van der Waals surface area contributed by atoms with Crippen LogP contribution in [0.15, 0.2) is 12.1 Å². The Kier molecular flexibility index (Phi) is 20.4. The van der Waals surface area contributed by atoms with E-state index in [0.717, 1.165) is 84.1 Å². The lowest BCUT2D eigenvalue weighted by atomic mass is 10.00. The molecule has 0 aliphatic carbocycles. The number of aliphatic hydroxyl groups excluding tert-OH is 5. The summed E-state index contributed by atoms with van der Waals surface area (Å²) in [4.78, 5) is 44.9. The van der Waals surface area contributed by atoms with Crippen LogP contribution in [0.2, 0.25) is 5.02 Å². The Labute approximate surface area is 330 Å². The lowest BCUT2D eigenvalue weighted by molar-refractivity contribution is -0.133. The van der Waals surface area contributed by atoms with E-state index < -0.39 is 31.0 Å². The standard InChI is InChI=1S/C38H65ClN6O10/c1-43(25-12-17-44(18-13-25)15-8-4-6-10-34(49)41-22-30(47)36(51)37(52)31(48)24-46)35(50)11-7-5-9-16-45-19-14-29(33(23-45)55-3)42-38(53)26-20-27(39)28(40)21-32(26)54-2/h20-21,25,29-31,33,36-37,46-48,51-52H,4-19,22-24,40H2,1-3H3,(H,41,49)(H,42,53)/t29-,30+,31-,33+,36-,37-/m1/s1. The highest BCUT2D eigenvalue weighted by Crippen LogP contribution is 2.29. The highest BCUT2D eigenvalue weighted by Gasteiger charge is 2.32. The molecule has 0 aromatic heterocycles. The van der Waals surface area contributed by atoms with Crippen LogP contribution in [0, 0.1) is 0 Å². The topological polar surface area (TPSA) is 231 Å². The van der Waals surface area contributed by atoms with E-state index >= 15 is 0 Å². The van der Waals surface area contributed by atoms with Gasteiger partial charge in [-0.2, -0.15) is 0 Å². The van der Waals surface area contributed by atoms with Gasteiger partial charge >= 0.3 is 0 Å². The summed E-state index contributed by atoms with van der Waals surface area (Å²) in [5.74, 6) is -0.0123. The number of nitrogens with zero attached hydrogens (tertiary/aromatic N) is 3. The van der Waals surface area contributed by atoms with Crippen LogP contribution in [-0.2, 0) is 14.3 Å². The highest BCUT2D eigenvalue weighted by atomic mass is 35.5. The minimum atomic E-state index is -1.73. The Morgan fingerprint density at radius 2 is 1.53 bits per heavy atom. The van der Waals surface area contributed by atoms with Crippen LogP contribution in [0.3, 0.4) is 0 Å². The lowest BCUT2D eigenvalue weighted by Gasteiger charge is -2.38. The fourth-order valence-electron chi connectivity index (χ4n) is 7.24. The number of methoxy groups -OCH3 is 2. The molecule has 1 aromatic carbocycles. The van der Waals surface area contributed by atoms with Gasteiger partial charge in [0.1, 0.15) is 24.1 Å². The van der Waals surface area contributed by atoms with E-state index in [0.29, 0.717) is 41.4 Å². The Morgan fingerprint density at radius 3 is 2.16 bits per heavy atom. The number of amides is 3. The van der Waals surface area contributed by atoms with Gasteiger partial charge in [0.2, 0.25) is 11.8 Å². The van der Waals surface area contributed by atoms with Gasteiger partial charge in [0, 0.05) is 71.8 Å². The Balaban J connectivity index is 1.23. The van der Waals surface area contributed by atoms with Crippen LogP contribution in [0.1, 0.15) is 81.0 Å². The van der Waals surface area contributed by atoms with Crippen LogP contribution >= 0.6 is 11.6 Å². The second-order valence-electron chi connectivity index (χ2n) is 14.8. The number of ether oxygens (including phenoxy) is 2. The number of nitrogens with two attached hydrogens (primary N) is 1. The van der Waals surface area contributed by atoms with Crippen LogP contribution in [0.4, 0.5) is 5.69 Å². The van der Waals surface area contributed by atoms with Gasteiger partial charge in [0.15, 0.2) is 0 Å². The molecule has 0 bridgehead atoms. The predicted octanol–water partition coefficient (Wildman–Crippen LogP) is 0.346. The molecule has 55 heavy (non-hydrogen) atoms. The highest BCUT2D eigenvalue weighted by molar-refractivity contribution is 6.33. The molecule has 2 saturated heterocycles. The van der Waals surface area contributed by atoms with Gasteiger partial charge < -0.3 is 66.1 Å². The van der Waals surface area contributed by atoms with Gasteiger partial charge in [0.05, 0.1) is 48.2 Å². The monoisotopic (exact) mass is 800 g/mol. The van der Waals surface area contributed by atoms with Gasteiger partial charge in [-0.1, -0.05) is 24.4 Å². The molecule has 3 rings (SSSR count). The molecule has 0 unspecified atom stereocenters. The number of carbonyl (C=O) groups is 3. The van der Waals surface area contributed by atoms with Crippen molar-refractivity contribution in [2.24, 2.45) is 0 Å². The molecule has 3 amide bonds. The largest absolute Gasteiger partial charge is 0.496 e. The zero-order chi connectivity index (χ0) is 40.5. The number of likely N-dealkylation sites (tertiary alicyclic amines) is 2. The Hall–Kier alpha value is -2.80. The van der Waals surface area contributed by atoms with Crippen LogP contribution < -0.4 is 21.1 Å². The van der Waals surface area contributed by atoms with Crippen LogP contribution in [-0.4, -0.2) is 174 Å². The first kappa shape index (κ1) is 46.6. The van der Waals surface area contributed by atoms with Crippen LogP contribution in [0.5, 0.6) is 5.75 Å². The minimum absolute atomic E-state index is 0.156. The molecule has 17 heteroatoms. The van der Waals surface area contributed by atoms with Gasteiger partial charge in [-0.15, -0.1) is 0 Å². The Morgan fingerprint density at radius 1 is 0.909 bits per heavy atom. The summed E-state index contributed by atoms with van der Waals surface area (Å²) in [6.07, 6.45) is 2.00. The second kappa shape index (κ2) is 24.1. The van der Waals surface area contributed by atoms with Crippen molar-refractivity contribution in [2.45, 2.75) is 113 Å². The van der Waals surface area contributed by atoms with Crippen molar-refractivity contribution in [1.29, 1.82) is 0 Å². The zero-order valence-corrected chi connectivity index (χ0v) is 33.5. The summed E-state index contributed by atoms with van der Waals surface area (Å²) in [5.41, 5.74) is 6.54. The molecule has 0 spiro atoms. The van der Waals surface area contributed by atoms with Gasteiger partial charge in [-0.05, 0) is 64.1 Å². The number of halogens is 1. The maximum Gasteiger partial charge on any atom is 0.255 e. The van der Waals surface area contributed by atoms with E-state index in [2.05, 4.69) is 20.4 Å². The molecule has 6 atom stereocenters. The lowest BCUT2D eigenvalue weighted by Crippen LogP contribution is -2.54. The van der Waals surface area contributed by atoms with Gasteiger partial charge in [0.25, 0.3) is 5.91 Å². The maximum absolute atomic E-state index is 13.1. The molecule has 0 radical (unpaired) electrons. The number of aliphatic hydroxyl groups is 5. The van der Waals surface area contributed by atoms with Crippen molar-refractivity contribution in [2.75, 3.05) is 79.4 Å². The number of nitrogens with one attached hydrogen (secondary N) is 2. The van der Waals surface area contributed by atoms with Crippen molar-refractivity contribution in [3.05, 3.63) is 22.7 Å². The van der Waals surface area contributed by atoms with Crippen molar-refractivity contribution >= 4 is 35.0 Å². The summed E-state index contributed by atoms with van der Waals surface area (Å²) < 4.78 is 11.1. The fraction of sp³-hybridized carbons (Fsp3) is 0.763. The van der Waals surface area contributed by atoms with Gasteiger partial charge in [-0.25, -0.2) is 0 Å². The number of benzene rings is 1. The van der Waals surface area contributed by atoms with E-state index in [9.17, 15) is 34.8 Å². The average Bonchev–Trinajstić information content (AvgIpc) is 3.19. The summed E-state index contributed by atoms with van der Waals surface area (Å²) >= 11 is 6.16. The van der Waals surface area contributed by atoms with Gasteiger partial charge in [-0.3, -0.25) is 14.4 Å². The normalized spacial score (nSPS) is 20.7. The van der Waals surface area contributed by atoms with Crippen molar-refractivity contribution < 1.29 is 49.4 Å². The molecule has 0 saturated carbocycles. The minimum Gasteiger partial charge on any atom is -0.496 e. The summed E-state index contributed by atoms with van der Waals surface area (Å²) in [5, 5.41) is 53.6. The van der Waals surface area contributed by atoms with E-state index in [1.165, 1.54) is 13.2 Å². The first-order valence-electron chi connectivity index (χ1n) is 19.6. The van der Waals surface area contributed by atoms with Crippen LogP contribution in [0.25, 0.3) is 0 Å². The molecule has 2 fully saturated rings. The van der Waals surface area contributed by atoms with Crippen molar-refractivity contribution in [3.8, 4) is 5.75 Å². The summed E-state index contributed by atoms with van der Waals surface area (Å²) in [6.45, 7) is 4.16. The quantitative estimate of drug-likeness (QED) is 0.0553. The van der Waals surface area contributed by atoms with E-state index in [1.54, 1.807) is 13.2 Å². The molecular weight excluding hydrogens is 736 g/mol.